The average Bonchev–Trinajstić information content (AvgIpc) is 2.73. The summed E-state index contributed by atoms with van der Waals surface area (Å²) in [7, 11) is 1.51. The van der Waals surface area contributed by atoms with E-state index < -0.39 is 11.8 Å². The molecule has 0 spiro atoms. The maximum atomic E-state index is 14.9. The predicted molar refractivity (Wildman–Crippen MR) is 112 cm³/mol. The Morgan fingerprint density at radius 2 is 1.83 bits per heavy atom. The van der Waals surface area contributed by atoms with Crippen LogP contribution in [-0.4, -0.2) is 55.1 Å². The number of nitrogens with zero attached hydrogens (tertiary/aromatic N) is 4. The third-order valence-corrected chi connectivity index (χ3v) is 4.56. The second-order valence-electron chi connectivity index (χ2n) is 6.52. The van der Waals surface area contributed by atoms with Gasteiger partial charge in [0, 0.05) is 31.7 Å². The highest BCUT2D eigenvalue weighted by Gasteiger charge is 2.22. The molecule has 1 aliphatic rings. The van der Waals surface area contributed by atoms with Gasteiger partial charge in [-0.05, 0) is 6.07 Å². The number of ether oxygens (including phenoxy) is 2. The average molecular weight is 418 g/mol. The number of amidine groups is 1. The van der Waals surface area contributed by atoms with Crippen LogP contribution >= 0.6 is 0 Å². The standard InChI is InChI=1S/C19H23FN6O3.CH4/c1-28-19-23-10-14(11-24-19)25-5-7-26(8-6-25)15-4-2-3-13(18(15)20)12-29-17(27)9-16(21)22;/h2-4,10-11H,5-9,12H2,1H3,(H3,21,22);1H4. The zero-order chi connectivity index (χ0) is 20.8. The van der Waals surface area contributed by atoms with Gasteiger partial charge in [-0.1, -0.05) is 19.6 Å². The fourth-order valence-corrected chi connectivity index (χ4v) is 3.07. The normalized spacial score (nSPS) is 13.4. The van der Waals surface area contributed by atoms with Crippen molar-refractivity contribution in [2.24, 2.45) is 5.73 Å². The van der Waals surface area contributed by atoms with E-state index in [0.717, 1.165) is 5.69 Å². The van der Waals surface area contributed by atoms with Gasteiger partial charge in [0.15, 0.2) is 5.82 Å². The minimum Gasteiger partial charge on any atom is -0.467 e. The van der Waals surface area contributed by atoms with Crippen molar-refractivity contribution < 1.29 is 18.7 Å². The van der Waals surface area contributed by atoms with Crippen LogP contribution in [-0.2, 0) is 16.1 Å². The van der Waals surface area contributed by atoms with Gasteiger partial charge in [0.2, 0.25) is 0 Å². The van der Waals surface area contributed by atoms with E-state index in [1.54, 1.807) is 30.6 Å². The molecule has 0 unspecified atom stereocenters. The molecule has 10 heteroatoms. The molecule has 9 nitrogen and oxygen atoms in total. The van der Waals surface area contributed by atoms with Crippen LogP contribution < -0.4 is 20.3 Å². The molecule has 0 bridgehead atoms. The number of methoxy groups -OCH3 is 1. The predicted octanol–water partition coefficient (Wildman–Crippen LogP) is 1.96. The lowest BCUT2D eigenvalue weighted by molar-refractivity contribution is -0.143. The lowest BCUT2D eigenvalue weighted by atomic mass is 10.1. The van der Waals surface area contributed by atoms with E-state index in [1.165, 1.54) is 7.11 Å². The number of nitrogens with two attached hydrogens (primary N) is 1. The molecule has 1 saturated heterocycles. The van der Waals surface area contributed by atoms with E-state index in [9.17, 15) is 9.18 Å². The summed E-state index contributed by atoms with van der Waals surface area (Å²) in [5.41, 5.74) is 6.80. The fourth-order valence-electron chi connectivity index (χ4n) is 3.07. The van der Waals surface area contributed by atoms with E-state index in [-0.39, 0.29) is 31.9 Å². The van der Waals surface area contributed by atoms with E-state index in [4.69, 9.17) is 20.6 Å². The van der Waals surface area contributed by atoms with Gasteiger partial charge in [-0.25, -0.2) is 14.4 Å². The summed E-state index contributed by atoms with van der Waals surface area (Å²) < 4.78 is 24.9. The lowest BCUT2D eigenvalue weighted by Gasteiger charge is -2.37. The Labute approximate surface area is 175 Å². The van der Waals surface area contributed by atoms with Gasteiger partial charge in [0.05, 0.1) is 30.9 Å². The van der Waals surface area contributed by atoms with Crippen molar-refractivity contribution in [2.75, 3.05) is 43.1 Å². The van der Waals surface area contributed by atoms with Crippen molar-refractivity contribution >= 4 is 23.2 Å². The molecule has 162 valence electrons. The molecule has 3 rings (SSSR count). The van der Waals surface area contributed by atoms with Crippen LogP contribution in [0.5, 0.6) is 6.01 Å². The van der Waals surface area contributed by atoms with Crippen molar-refractivity contribution in [1.82, 2.24) is 9.97 Å². The number of carbonyl (C=O) groups is 1. The van der Waals surface area contributed by atoms with Gasteiger partial charge in [0.25, 0.3) is 0 Å². The van der Waals surface area contributed by atoms with Gasteiger partial charge in [-0.3, -0.25) is 10.2 Å². The molecule has 0 amide bonds. The zero-order valence-corrected chi connectivity index (χ0v) is 16.1. The van der Waals surface area contributed by atoms with Crippen LogP contribution in [0.2, 0.25) is 0 Å². The molecule has 0 atom stereocenters. The molecule has 2 heterocycles. The number of carbonyl (C=O) groups excluding carboxylic acids is 1. The molecule has 0 aliphatic carbocycles. The van der Waals surface area contributed by atoms with Gasteiger partial charge in [0.1, 0.15) is 18.9 Å². The van der Waals surface area contributed by atoms with Crippen molar-refractivity contribution in [3.05, 3.63) is 42.0 Å². The first-order chi connectivity index (χ1) is 14.0. The molecular weight excluding hydrogens is 391 g/mol. The second-order valence-corrected chi connectivity index (χ2v) is 6.52. The summed E-state index contributed by atoms with van der Waals surface area (Å²) in [6.45, 7) is 2.42. The van der Waals surface area contributed by atoms with Gasteiger partial charge in [-0.2, -0.15) is 0 Å². The second kappa shape index (κ2) is 10.4. The summed E-state index contributed by atoms with van der Waals surface area (Å²) in [6, 6.07) is 5.33. The largest absolute Gasteiger partial charge is 0.467 e. The van der Waals surface area contributed by atoms with Crippen LogP contribution in [0.25, 0.3) is 0 Å². The van der Waals surface area contributed by atoms with Crippen molar-refractivity contribution in [3.63, 3.8) is 0 Å². The highest BCUT2D eigenvalue weighted by atomic mass is 19.1. The first kappa shape index (κ1) is 22.9. The number of esters is 1. The minimum atomic E-state index is -0.655. The lowest BCUT2D eigenvalue weighted by Crippen LogP contribution is -2.47. The number of benzene rings is 1. The maximum absolute atomic E-state index is 14.9. The number of hydrogen-bond acceptors (Lipinski definition) is 8. The molecule has 30 heavy (non-hydrogen) atoms. The van der Waals surface area contributed by atoms with Crippen LogP contribution in [0.4, 0.5) is 15.8 Å². The van der Waals surface area contributed by atoms with Crippen molar-refractivity contribution in [3.8, 4) is 6.01 Å². The molecule has 0 radical (unpaired) electrons. The van der Waals surface area contributed by atoms with Crippen LogP contribution in [0.15, 0.2) is 30.6 Å². The van der Waals surface area contributed by atoms with Gasteiger partial charge >= 0.3 is 12.0 Å². The smallest absolute Gasteiger partial charge is 0.316 e. The number of anilines is 2. The highest BCUT2D eigenvalue weighted by molar-refractivity contribution is 5.94. The highest BCUT2D eigenvalue weighted by Crippen LogP contribution is 2.25. The van der Waals surface area contributed by atoms with E-state index >= 15 is 0 Å². The van der Waals surface area contributed by atoms with E-state index in [0.29, 0.717) is 37.9 Å². The Kier molecular flexibility index (Phi) is 7.90. The number of rotatable bonds is 7. The molecular formula is C20H27FN6O3. The number of piperazine rings is 1. The zero-order valence-electron chi connectivity index (χ0n) is 16.1. The molecule has 1 aliphatic heterocycles. The summed E-state index contributed by atoms with van der Waals surface area (Å²) in [4.78, 5) is 23.9. The fraction of sp³-hybridized carbons (Fsp3) is 0.400. The molecule has 0 saturated carbocycles. The molecule has 2 aromatic rings. The van der Waals surface area contributed by atoms with Gasteiger partial charge < -0.3 is 25.0 Å². The van der Waals surface area contributed by atoms with E-state index in [2.05, 4.69) is 14.9 Å². The summed E-state index contributed by atoms with van der Waals surface area (Å²) in [5.74, 6) is -1.36. The first-order valence-electron chi connectivity index (χ1n) is 9.09. The Balaban J connectivity index is 0.00000320. The molecule has 1 aromatic heterocycles. The van der Waals surface area contributed by atoms with Crippen LogP contribution in [0, 0.1) is 11.2 Å². The minimum absolute atomic E-state index is 0. The Morgan fingerprint density at radius 3 is 2.43 bits per heavy atom. The van der Waals surface area contributed by atoms with Crippen LogP contribution in [0.3, 0.4) is 0 Å². The molecule has 1 fully saturated rings. The third-order valence-electron chi connectivity index (χ3n) is 4.56. The topological polar surface area (TPSA) is 118 Å². The van der Waals surface area contributed by atoms with Crippen molar-refractivity contribution in [1.29, 1.82) is 5.41 Å². The molecule has 1 aromatic carbocycles. The number of hydrogen-bond donors (Lipinski definition) is 2. The van der Waals surface area contributed by atoms with Crippen molar-refractivity contribution in [2.45, 2.75) is 20.5 Å². The monoisotopic (exact) mass is 418 g/mol. The summed E-state index contributed by atoms with van der Waals surface area (Å²) in [6.07, 6.45) is 3.11. The SMILES string of the molecule is C.COc1ncc(N2CCN(c3cccc(COC(=O)CC(=N)N)c3F)CC2)cn1. The van der Waals surface area contributed by atoms with Crippen LogP contribution in [0.1, 0.15) is 19.4 Å². The number of nitrogens with one attached hydrogen (secondary N) is 1. The van der Waals surface area contributed by atoms with E-state index in [1.807, 2.05) is 4.90 Å². The first-order valence-corrected chi connectivity index (χ1v) is 9.09. The quantitative estimate of drug-likeness (QED) is 0.398. The number of halogens is 1. The third kappa shape index (κ3) is 5.56. The summed E-state index contributed by atoms with van der Waals surface area (Å²) >= 11 is 0. The number of aromatic nitrogens is 2. The van der Waals surface area contributed by atoms with Gasteiger partial charge in [-0.15, -0.1) is 0 Å². The Hall–Kier alpha value is -3.43. The summed E-state index contributed by atoms with van der Waals surface area (Å²) in [5, 5.41) is 7.10. The maximum Gasteiger partial charge on any atom is 0.316 e. The Bertz CT molecular complexity index is 869. The molecule has 3 N–H and O–H groups in total. The Morgan fingerprint density at radius 1 is 1.20 bits per heavy atom.